The zero-order valence-corrected chi connectivity index (χ0v) is 12.6. The molecule has 0 aromatic carbocycles. The van der Waals surface area contributed by atoms with Gasteiger partial charge in [0.1, 0.15) is 0 Å². The summed E-state index contributed by atoms with van der Waals surface area (Å²) in [7, 11) is 0. The molecule has 1 fully saturated rings. The van der Waals surface area contributed by atoms with Gasteiger partial charge in [-0.2, -0.15) is 11.3 Å². The number of hydrogen-bond acceptors (Lipinski definition) is 4. The molecule has 1 aliphatic heterocycles. The second kappa shape index (κ2) is 6.85. The summed E-state index contributed by atoms with van der Waals surface area (Å²) in [5.41, 5.74) is 6.59. The molecule has 20 heavy (non-hydrogen) atoms. The van der Waals surface area contributed by atoms with E-state index in [2.05, 4.69) is 0 Å². The first-order valence-corrected chi connectivity index (χ1v) is 7.93. The maximum Gasteiger partial charge on any atom is 0.254 e. The van der Waals surface area contributed by atoms with E-state index >= 15 is 0 Å². The zero-order valence-electron chi connectivity index (χ0n) is 11.7. The lowest BCUT2D eigenvalue weighted by Crippen LogP contribution is -2.54. The molecule has 0 bridgehead atoms. The van der Waals surface area contributed by atoms with Crippen molar-refractivity contribution in [2.75, 3.05) is 26.2 Å². The van der Waals surface area contributed by atoms with Crippen LogP contribution >= 0.6 is 11.3 Å². The molecule has 1 aliphatic rings. The number of piperazine rings is 1. The fourth-order valence-electron chi connectivity index (χ4n) is 2.37. The molecule has 1 unspecified atom stereocenters. The third-order valence-electron chi connectivity index (χ3n) is 3.56. The number of nitrogens with two attached hydrogens (primary N) is 1. The van der Waals surface area contributed by atoms with Crippen LogP contribution in [0.15, 0.2) is 16.8 Å². The predicted octanol–water partition coefficient (Wildman–Crippen LogP) is 1.16. The normalized spacial score (nSPS) is 17.1. The van der Waals surface area contributed by atoms with E-state index in [1.54, 1.807) is 9.80 Å². The zero-order chi connectivity index (χ0) is 14.5. The topological polar surface area (TPSA) is 66.6 Å². The van der Waals surface area contributed by atoms with E-state index in [4.69, 9.17) is 5.73 Å². The number of nitrogens with zero attached hydrogens (tertiary/aromatic N) is 2. The van der Waals surface area contributed by atoms with E-state index in [0.717, 1.165) is 12.0 Å². The second-order valence-corrected chi connectivity index (χ2v) is 5.80. The number of carbonyl (C=O) groups is 2. The SMILES string of the molecule is CCCC(N)C(=O)N1CCN(C(=O)c2ccsc2)CC1. The summed E-state index contributed by atoms with van der Waals surface area (Å²) in [5, 5.41) is 3.76. The highest BCUT2D eigenvalue weighted by molar-refractivity contribution is 7.08. The van der Waals surface area contributed by atoms with E-state index in [1.165, 1.54) is 11.3 Å². The highest BCUT2D eigenvalue weighted by atomic mass is 32.1. The molecule has 110 valence electrons. The van der Waals surface area contributed by atoms with Crippen LogP contribution in [-0.2, 0) is 4.79 Å². The van der Waals surface area contributed by atoms with Crippen molar-refractivity contribution in [3.8, 4) is 0 Å². The lowest BCUT2D eigenvalue weighted by molar-refractivity contribution is -0.134. The molecule has 1 atom stereocenters. The Bertz CT molecular complexity index is 453. The average Bonchev–Trinajstić information content (AvgIpc) is 3.00. The molecule has 1 aromatic rings. The summed E-state index contributed by atoms with van der Waals surface area (Å²) in [5.74, 6) is 0.0608. The molecule has 2 rings (SSSR count). The summed E-state index contributed by atoms with van der Waals surface area (Å²) in [6.07, 6.45) is 1.62. The van der Waals surface area contributed by atoms with E-state index in [1.807, 2.05) is 23.8 Å². The van der Waals surface area contributed by atoms with Gasteiger partial charge in [-0.1, -0.05) is 13.3 Å². The van der Waals surface area contributed by atoms with Gasteiger partial charge in [-0.25, -0.2) is 0 Å². The lowest BCUT2D eigenvalue weighted by Gasteiger charge is -2.35. The van der Waals surface area contributed by atoms with Gasteiger partial charge in [0.05, 0.1) is 11.6 Å². The molecule has 5 nitrogen and oxygen atoms in total. The molecule has 1 aromatic heterocycles. The minimum atomic E-state index is -0.404. The van der Waals surface area contributed by atoms with Crippen molar-refractivity contribution in [1.82, 2.24) is 9.80 Å². The van der Waals surface area contributed by atoms with Gasteiger partial charge in [0.2, 0.25) is 5.91 Å². The van der Waals surface area contributed by atoms with Crippen LogP contribution < -0.4 is 5.73 Å². The van der Waals surface area contributed by atoms with Crippen LogP contribution in [0.25, 0.3) is 0 Å². The third kappa shape index (κ3) is 3.37. The van der Waals surface area contributed by atoms with Gasteiger partial charge in [0.15, 0.2) is 0 Å². The highest BCUT2D eigenvalue weighted by Crippen LogP contribution is 2.12. The van der Waals surface area contributed by atoms with Crippen molar-refractivity contribution >= 4 is 23.2 Å². The molecule has 6 heteroatoms. The van der Waals surface area contributed by atoms with Gasteiger partial charge in [0.25, 0.3) is 5.91 Å². The summed E-state index contributed by atoms with van der Waals surface area (Å²) in [6.45, 7) is 4.33. The maximum absolute atomic E-state index is 12.2. The fraction of sp³-hybridized carbons (Fsp3) is 0.571. The largest absolute Gasteiger partial charge is 0.338 e. The smallest absolute Gasteiger partial charge is 0.254 e. The van der Waals surface area contributed by atoms with Crippen molar-refractivity contribution in [3.05, 3.63) is 22.4 Å². The van der Waals surface area contributed by atoms with E-state index in [0.29, 0.717) is 32.6 Å². The Labute approximate surface area is 123 Å². The van der Waals surface area contributed by atoms with Gasteiger partial charge in [0, 0.05) is 31.6 Å². The minimum Gasteiger partial charge on any atom is -0.338 e. The van der Waals surface area contributed by atoms with Crippen molar-refractivity contribution in [2.45, 2.75) is 25.8 Å². The molecular formula is C14H21N3O2S. The standard InChI is InChI=1S/C14H21N3O2S/c1-2-3-12(15)14(19)17-7-5-16(6-8-17)13(18)11-4-9-20-10-11/h4,9-10,12H,2-3,5-8,15H2,1H3. The predicted molar refractivity (Wildman–Crippen MR) is 79.7 cm³/mol. The monoisotopic (exact) mass is 295 g/mol. The molecule has 2 N–H and O–H groups in total. The van der Waals surface area contributed by atoms with E-state index in [-0.39, 0.29) is 11.8 Å². The van der Waals surface area contributed by atoms with E-state index < -0.39 is 6.04 Å². The molecule has 0 aliphatic carbocycles. The molecule has 1 saturated heterocycles. The van der Waals surface area contributed by atoms with E-state index in [9.17, 15) is 9.59 Å². The molecule has 0 spiro atoms. The van der Waals surface area contributed by atoms with Crippen molar-refractivity contribution < 1.29 is 9.59 Å². The van der Waals surface area contributed by atoms with Gasteiger partial charge >= 0.3 is 0 Å². The summed E-state index contributed by atoms with van der Waals surface area (Å²) in [4.78, 5) is 27.8. The van der Waals surface area contributed by atoms with Crippen LogP contribution in [0, 0.1) is 0 Å². The average molecular weight is 295 g/mol. The van der Waals surface area contributed by atoms with Crippen molar-refractivity contribution in [1.29, 1.82) is 0 Å². The van der Waals surface area contributed by atoms with Crippen LogP contribution in [0.5, 0.6) is 0 Å². The third-order valence-corrected chi connectivity index (χ3v) is 4.25. The first-order valence-electron chi connectivity index (χ1n) is 6.99. The van der Waals surface area contributed by atoms with Crippen LogP contribution in [-0.4, -0.2) is 53.8 Å². The first kappa shape index (κ1) is 15.0. The quantitative estimate of drug-likeness (QED) is 0.906. The van der Waals surface area contributed by atoms with Crippen LogP contribution in [0.4, 0.5) is 0 Å². The fourth-order valence-corrected chi connectivity index (χ4v) is 3.00. The van der Waals surface area contributed by atoms with Gasteiger partial charge in [-0.3, -0.25) is 9.59 Å². The molecule has 2 amide bonds. The molecule has 0 saturated carbocycles. The maximum atomic E-state index is 12.2. The summed E-state index contributed by atoms with van der Waals surface area (Å²) in [6, 6.07) is 1.43. The van der Waals surface area contributed by atoms with Crippen molar-refractivity contribution in [2.24, 2.45) is 5.73 Å². The molecule has 0 radical (unpaired) electrons. The summed E-state index contributed by atoms with van der Waals surface area (Å²) >= 11 is 1.52. The Balaban J connectivity index is 1.86. The Morgan fingerprint density at radius 3 is 2.50 bits per heavy atom. The lowest BCUT2D eigenvalue weighted by atomic mass is 10.1. The second-order valence-electron chi connectivity index (χ2n) is 5.02. The van der Waals surface area contributed by atoms with Gasteiger partial charge in [-0.15, -0.1) is 0 Å². The Kier molecular flexibility index (Phi) is 5.14. The van der Waals surface area contributed by atoms with Crippen LogP contribution in [0.2, 0.25) is 0 Å². The molecule has 2 heterocycles. The Morgan fingerprint density at radius 2 is 1.95 bits per heavy atom. The minimum absolute atomic E-state index is 0.00878. The highest BCUT2D eigenvalue weighted by Gasteiger charge is 2.27. The number of thiophene rings is 1. The number of carbonyl (C=O) groups excluding carboxylic acids is 2. The first-order chi connectivity index (χ1) is 9.63. The van der Waals surface area contributed by atoms with Gasteiger partial charge in [-0.05, 0) is 17.9 Å². The van der Waals surface area contributed by atoms with Crippen LogP contribution in [0.3, 0.4) is 0 Å². The van der Waals surface area contributed by atoms with Gasteiger partial charge < -0.3 is 15.5 Å². The number of amides is 2. The number of hydrogen-bond donors (Lipinski definition) is 1. The van der Waals surface area contributed by atoms with Crippen LogP contribution in [0.1, 0.15) is 30.1 Å². The molecular weight excluding hydrogens is 274 g/mol. The summed E-state index contributed by atoms with van der Waals surface area (Å²) < 4.78 is 0. The number of rotatable bonds is 4. The Morgan fingerprint density at radius 1 is 1.30 bits per heavy atom. The Hall–Kier alpha value is -1.40. The van der Waals surface area contributed by atoms with Crippen molar-refractivity contribution in [3.63, 3.8) is 0 Å².